The third-order valence-corrected chi connectivity index (χ3v) is 7.50. The van der Waals surface area contributed by atoms with Gasteiger partial charge in [-0.05, 0) is 67.6 Å². The number of ether oxygens (including phenoxy) is 1. The number of rotatable bonds is 7. The van der Waals surface area contributed by atoms with Crippen molar-refractivity contribution in [2.24, 2.45) is 16.0 Å². The van der Waals surface area contributed by atoms with Crippen LogP contribution in [0.2, 0.25) is 0 Å². The second-order valence-electron chi connectivity index (χ2n) is 10.2. The minimum atomic E-state index is -4.76. The van der Waals surface area contributed by atoms with Crippen molar-refractivity contribution in [1.82, 2.24) is 20.2 Å². The van der Waals surface area contributed by atoms with Crippen LogP contribution in [0.1, 0.15) is 42.4 Å². The number of aromatic nitrogens is 3. The third-order valence-electron chi connectivity index (χ3n) is 6.91. The number of carbonyl (C=O) groups is 1. The lowest BCUT2D eigenvalue weighted by Gasteiger charge is -2.10. The Balaban J connectivity index is 1.24. The number of nitrogens with zero attached hydrogens (tertiary/aromatic N) is 5. The van der Waals surface area contributed by atoms with Crippen LogP contribution in [0, 0.1) is 19.8 Å². The number of alkyl halides is 3. The summed E-state index contributed by atoms with van der Waals surface area (Å²) in [5, 5.41) is 9.07. The molecule has 0 spiro atoms. The van der Waals surface area contributed by atoms with Crippen molar-refractivity contribution < 1.29 is 26.9 Å². The Morgan fingerprint density at radius 1 is 1.02 bits per heavy atom. The van der Waals surface area contributed by atoms with Crippen LogP contribution in [0.3, 0.4) is 0 Å². The first kappa shape index (κ1) is 30.8. The van der Waals surface area contributed by atoms with Crippen molar-refractivity contribution >= 4 is 35.1 Å². The fourth-order valence-electron chi connectivity index (χ4n) is 4.66. The van der Waals surface area contributed by atoms with Gasteiger partial charge in [0.25, 0.3) is 0 Å². The number of hydrazone groups is 1. The lowest BCUT2D eigenvalue weighted by Crippen LogP contribution is -2.18. The molecule has 0 atom stereocenters. The fraction of sp³-hybridized carbons (Fsp3) is 0.258. The number of halogens is 3. The molecule has 1 aromatic heterocycles. The Hall–Kier alpha value is -4.65. The predicted octanol–water partition coefficient (Wildman–Crippen LogP) is 7.44. The highest BCUT2D eigenvalue weighted by atomic mass is 32.2. The first-order valence-electron chi connectivity index (χ1n) is 13.9. The van der Waals surface area contributed by atoms with Gasteiger partial charge in [0.1, 0.15) is 24.1 Å². The molecule has 44 heavy (non-hydrogen) atoms. The number of benzene rings is 3. The number of amidine groups is 1. The molecule has 1 fully saturated rings. The van der Waals surface area contributed by atoms with Crippen LogP contribution >= 0.6 is 12.0 Å². The van der Waals surface area contributed by atoms with Crippen molar-refractivity contribution in [2.45, 2.75) is 45.9 Å². The SMILES string of the molecule is Cc1cccc(C)c1N=C(N/N=C/c1ccc(-c2ncn(-c3ccc(OC(F)(F)F)cc3)n2)cc1)SOC(=O)C1CCCC1. The summed E-state index contributed by atoms with van der Waals surface area (Å²) in [6, 6.07) is 18.5. The van der Waals surface area contributed by atoms with Crippen molar-refractivity contribution in [3.05, 3.63) is 89.7 Å². The Bertz CT molecular complexity index is 1630. The molecule has 228 valence electrons. The standard InChI is InChI=1S/C31H29F3N6O3S/c1-20-6-5-7-21(2)27(20)37-30(44-43-29(41)24-8-3-4-9-24)38-36-18-22-10-12-23(13-11-22)28-35-19-40(39-28)25-14-16-26(17-15-25)42-31(32,33)34/h5-7,10-19,24H,3-4,8-9H2,1-2H3,(H,37,38)/b36-18+. The van der Waals surface area contributed by atoms with Gasteiger partial charge in [-0.2, -0.15) is 5.10 Å². The Morgan fingerprint density at radius 2 is 1.70 bits per heavy atom. The normalized spacial score (nSPS) is 14.2. The van der Waals surface area contributed by atoms with Crippen LogP contribution in [-0.4, -0.2) is 38.5 Å². The van der Waals surface area contributed by atoms with Gasteiger partial charge in [-0.1, -0.05) is 55.3 Å². The zero-order valence-corrected chi connectivity index (χ0v) is 24.7. The largest absolute Gasteiger partial charge is 0.573 e. The molecule has 0 amide bonds. The molecule has 4 aromatic rings. The summed E-state index contributed by atoms with van der Waals surface area (Å²) in [4.78, 5) is 21.5. The molecule has 1 saturated carbocycles. The van der Waals surface area contributed by atoms with Crippen LogP contribution in [-0.2, 0) is 8.98 Å². The summed E-state index contributed by atoms with van der Waals surface area (Å²) in [5.41, 5.74) is 7.68. The molecule has 1 aliphatic rings. The summed E-state index contributed by atoms with van der Waals surface area (Å²) in [7, 11) is 0. The van der Waals surface area contributed by atoms with E-state index in [-0.39, 0.29) is 17.6 Å². The molecular formula is C31H29F3N6O3S. The predicted molar refractivity (Wildman–Crippen MR) is 163 cm³/mol. The van der Waals surface area contributed by atoms with E-state index in [4.69, 9.17) is 9.18 Å². The third kappa shape index (κ3) is 8.25. The highest BCUT2D eigenvalue weighted by molar-refractivity contribution is 8.10. The molecule has 5 rings (SSSR count). The van der Waals surface area contributed by atoms with Gasteiger partial charge in [-0.3, -0.25) is 10.2 Å². The van der Waals surface area contributed by atoms with Crippen LogP contribution in [0.15, 0.2) is 83.2 Å². The first-order valence-corrected chi connectivity index (χ1v) is 14.6. The summed E-state index contributed by atoms with van der Waals surface area (Å²) in [5.74, 6) is -0.205. The van der Waals surface area contributed by atoms with E-state index in [9.17, 15) is 18.0 Å². The van der Waals surface area contributed by atoms with E-state index in [0.29, 0.717) is 16.7 Å². The molecule has 0 aliphatic heterocycles. The highest BCUT2D eigenvalue weighted by Gasteiger charge is 2.31. The van der Waals surface area contributed by atoms with Gasteiger partial charge in [0.05, 0.1) is 23.5 Å². The molecule has 0 bridgehead atoms. The minimum absolute atomic E-state index is 0.0785. The van der Waals surface area contributed by atoms with Gasteiger partial charge >= 0.3 is 12.3 Å². The number of hydrogen-bond acceptors (Lipinski definition) is 8. The van der Waals surface area contributed by atoms with Crippen molar-refractivity contribution in [3.8, 4) is 22.8 Å². The first-order chi connectivity index (χ1) is 21.1. The van der Waals surface area contributed by atoms with E-state index >= 15 is 0 Å². The van der Waals surface area contributed by atoms with E-state index < -0.39 is 6.36 Å². The fourth-order valence-corrected chi connectivity index (χ4v) is 5.17. The zero-order chi connectivity index (χ0) is 31.1. The smallest absolute Gasteiger partial charge is 0.406 e. The molecule has 1 N–H and O–H groups in total. The quantitative estimate of drug-likeness (QED) is 0.0989. The van der Waals surface area contributed by atoms with E-state index in [2.05, 4.69) is 25.3 Å². The average Bonchev–Trinajstić information content (AvgIpc) is 3.71. The Labute approximate surface area is 256 Å². The van der Waals surface area contributed by atoms with Gasteiger partial charge in [-0.15, -0.1) is 18.3 Å². The minimum Gasteiger partial charge on any atom is -0.406 e. The number of carbonyl (C=O) groups excluding carboxylic acids is 1. The number of nitrogens with one attached hydrogen (secondary N) is 1. The van der Waals surface area contributed by atoms with Crippen LogP contribution < -0.4 is 10.2 Å². The van der Waals surface area contributed by atoms with E-state index in [1.165, 1.54) is 35.3 Å². The summed E-state index contributed by atoms with van der Waals surface area (Å²) >= 11 is 0.867. The number of hydrogen-bond donors (Lipinski definition) is 1. The molecule has 13 heteroatoms. The summed E-state index contributed by atoms with van der Waals surface area (Å²) < 4.78 is 48.1. The van der Waals surface area contributed by atoms with Gasteiger partial charge < -0.3 is 8.92 Å². The lowest BCUT2D eigenvalue weighted by atomic mass is 10.1. The molecular weight excluding hydrogens is 593 g/mol. The van der Waals surface area contributed by atoms with Gasteiger partial charge in [0, 0.05) is 5.56 Å². The van der Waals surface area contributed by atoms with Gasteiger partial charge in [0.2, 0.25) is 5.17 Å². The molecule has 9 nitrogen and oxygen atoms in total. The summed E-state index contributed by atoms with van der Waals surface area (Å²) in [6.07, 6.45) is 2.08. The molecule has 1 aliphatic carbocycles. The van der Waals surface area contributed by atoms with Crippen molar-refractivity contribution in [3.63, 3.8) is 0 Å². The second kappa shape index (κ2) is 13.8. The zero-order valence-electron chi connectivity index (χ0n) is 23.9. The topological polar surface area (TPSA) is 103 Å². The van der Waals surface area contributed by atoms with Crippen molar-refractivity contribution in [2.75, 3.05) is 0 Å². The maximum absolute atomic E-state index is 12.5. The number of aryl methyl sites for hydroxylation is 2. The monoisotopic (exact) mass is 622 g/mol. The van der Waals surface area contributed by atoms with Gasteiger partial charge in [0.15, 0.2) is 5.82 Å². The van der Waals surface area contributed by atoms with Crippen molar-refractivity contribution in [1.29, 1.82) is 0 Å². The van der Waals surface area contributed by atoms with Crippen LogP contribution in [0.25, 0.3) is 17.1 Å². The molecule has 0 unspecified atom stereocenters. The number of para-hydroxylation sites is 1. The molecule has 0 radical (unpaired) electrons. The van der Waals surface area contributed by atoms with Crippen LogP contribution in [0.5, 0.6) is 5.75 Å². The average molecular weight is 623 g/mol. The van der Waals surface area contributed by atoms with E-state index in [1.807, 2.05) is 56.3 Å². The van der Waals surface area contributed by atoms with E-state index in [1.54, 1.807) is 6.21 Å². The summed E-state index contributed by atoms with van der Waals surface area (Å²) in [6.45, 7) is 3.93. The molecule has 3 aromatic carbocycles. The van der Waals surface area contributed by atoms with Crippen LogP contribution in [0.4, 0.5) is 18.9 Å². The Kier molecular flexibility index (Phi) is 9.63. The lowest BCUT2D eigenvalue weighted by molar-refractivity contribution is -0.274. The molecule has 0 saturated heterocycles. The maximum Gasteiger partial charge on any atom is 0.573 e. The maximum atomic E-state index is 12.5. The molecule has 1 heterocycles. The second-order valence-corrected chi connectivity index (χ2v) is 10.9. The number of aliphatic imine (C=N–C) groups is 1. The van der Waals surface area contributed by atoms with E-state index in [0.717, 1.165) is 65.7 Å². The highest BCUT2D eigenvalue weighted by Crippen LogP contribution is 2.29. The Morgan fingerprint density at radius 3 is 2.36 bits per heavy atom. The van der Waals surface area contributed by atoms with Gasteiger partial charge in [-0.25, -0.2) is 14.7 Å².